The van der Waals surface area contributed by atoms with Crippen molar-refractivity contribution < 1.29 is 13.6 Å². The van der Waals surface area contributed by atoms with Crippen molar-refractivity contribution in [2.24, 2.45) is 0 Å². The molecule has 170 valence electrons. The van der Waals surface area contributed by atoms with E-state index in [9.17, 15) is 9.18 Å². The number of aromatic nitrogens is 4. The van der Waals surface area contributed by atoms with Crippen LogP contribution in [0.25, 0.3) is 28.3 Å². The highest BCUT2D eigenvalue weighted by Gasteiger charge is 2.20. The normalized spacial score (nSPS) is 11.0. The third kappa shape index (κ3) is 4.63. The van der Waals surface area contributed by atoms with E-state index in [2.05, 4.69) is 20.5 Å². The number of thiazole rings is 1. The van der Waals surface area contributed by atoms with Gasteiger partial charge >= 0.3 is 0 Å². The van der Waals surface area contributed by atoms with Gasteiger partial charge in [-0.3, -0.25) is 9.36 Å². The molecule has 0 aliphatic heterocycles. The Morgan fingerprint density at radius 1 is 1.12 bits per heavy atom. The molecule has 2 aromatic carbocycles. The Kier molecular flexibility index (Phi) is 6.24. The van der Waals surface area contributed by atoms with E-state index in [1.165, 1.54) is 35.2 Å². The molecule has 0 radical (unpaired) electrons. The molecule has 0 atom stereocenters. The minimum atomic E-state index is -0.307. The summed E-state index contributed by atoms with van der Waals surface area (Å²) in [6, 6.07) is 17.6. The number of nitrogens with zero attached hydrogens (tertiary/aromatic N) is 4. The number of benzene rings is 2. The van der Waals surface area contributed by atoms with Gasteiger partial charge in [-0.1, -0.05) is 30.0 Å². The smallest absolute Gasteiger partial charge is 0.236 e. The number of amides is 1. The first-order valence-corrected chi connectivity index (χ1v) is 12.1. The Morgan fingerprint density at radius 2 is 1.91 bits per heavy atom. The van der Waals surface area contributed by atoms with Gasteiger partial charge in [-0.2, -0.15) is 0 Å². The molecular formula is C24H18FN5O2S2. The Hall–Kier alpha value is -3.76. The number of furan rings is 1. The molecule has 34 heavy (non-hydrogen) atoms. The van der Waals surface area contributed by atoms with Crippen LogP contribution in [0.1, 0.15) is 5.76 Å². The van der Waals surface area contributed by atoms with E-state index in [1.807, 2.05) is 53.3 Å². The third-order valence-corrected chi connectivity index (χ3v) is 6.66. The molecule has 0 saturated carbocycles. The summed E-state index contributed by atoms with van der Waals surface area (Å²) in [5, 5.41) is 14.4. The number of halogens is 1. The summed E-state index contributed by atoms with van der Waals surface area (Å²) in [6.07, 6.45) is 1.61. The van der Waals surface area contributed by atoms with Gasteiger partial charge in [0.05, 0.1) is 23.3 Å². The second-order valence-corrected chi connectivity index (χ2v) is 9.05. The number of hydrogen-bond acceptors (Lipinski definition) is 7. The average molecular weight is 492 g/mol. The quantitative estimate of drug-likeness (QED) is 0.288. The van der Waals surface area contributed by atoms with Crippen molar-refractivity contribution >= 4 is 34.1 Å². The molecule has 0 aliphatic carbocycles. The van der Waals surface area contributed by atoms with E-state index in [0.29, 0.717) is 21.8 Å². The van der Waals surface area contributed by atoms with E-state index in [0.717, 1.165) is 22.6 Å². The maximum Gasteiger partial charge on any atom is 0.236 e. The molecule has 3 aromatic heterocycles. The predicted molar refractivity (Wildman–Crippen MR) is 131 cm³/mol. The molecule has 0 fully saturated rings. The van der Waals surface area contributed by atoms with Gasteiger partial charge in [0, 0.05) is 16.6 Å². The predicted octanol–water partition coefficient (Wildman–Crippen LogP) is 5.83. The molecule has 0 saturated heterocycles. The average Bonchev–Trinajstić information content (AvgIpc) is 3.58. The van der Waals surface area contributed by atoms with Crippen LogP contribution in [0.3, 0.4) is 0 Å². The monoisotopic (exact) mass is 491 g/mol. The zero-order chi connectivity index (χ0) is 23.5. The topological polar surface area (TPSA) is 85.8 Å². The van der Waals surface area contributed by atoms with Crippen LogP contribution >= 0.6 is 23.1 Å². The Morgan fingerprint density at radius 3 is 2.65 bits per heavy atom. The SMILES string of the molecule is Cc1occc1-c1nnc(SCC(=O)Nc2nc(-c3ccc(F)cc3)cs2)n1-c1ccccc1. The largest absolute Gasteiger partial charge is 0.469 e. The summed E-state index contributed by atoms with van der Waals surface area (Å²) in [5.41, 5.74) is 3.18. The van der Waals surface area contributed by atoms with Crippen LogP contribution in [0.15, 0.2) is 81.9 Å². The number of hydrogen-bond donors (Lipinski definition) is 1. The minimum Gasteiger partial charge on any atom is -0.469 e. The highest BCUT2D eigenvalue weighted by molar-refractivity contribution is 7.99. The zero-order valence-electron chi connectivity index (χ0n) is 17.9. The highest BCUT2D eigenvalue weighted by Crippen LogP contribution is 2.30. The van der Waals surface area contributed by atoms with Crippen molar-refractivity contribution in [1.82, 2.24) is 19.7 Å². The van der Waals surface area contributed by atoms with Gasteiger partial charge in [-0.25, -0.2) is 9.37 Å². The van der Waals surface area contributed by atoms with Crippen LogP contribution in [0.2, 0.25) is 0 Å². The van der Waals surface area contributed by atoms with E-state index in [4.69, 9.17) is 4.42 Å². The van der Waals surface area contributed by atoms with Gasteiger partial charge in [-0.05, 0) is 49.4 Å². The Bertz CT molecular complexity index is 1430. The van der Waals surface area contributed by atoms with Crippen LogP contribution < -0.4 is 5.32 Å². The third-order valence-electron chi connectivity index (χ3n) is 4.97. The maximum absolute atomic E-state index is 13.1. The zero-order valence-corrected chi connectivity index (χ0v) is 19.6. The van der Waals surface area contributed by atoms with Crippen LogP contribution in [0.4, 0.5) is 9.52 Å². The maximum atomic E-state index is 13.1. The van der Waals surface area contributed by atoms with E-state index in [-0.39, 0.29) is 17.5 Å². The molecule has 0 bridgehead atoms. The van der Waals surface area contributed by atoms with Gasteiger partial charge < -0.3 is 9.73 Å². The molecule has 3 heterocycles. The molecule has 5 rings (SSSR count). The molecule has 1 N–H and O–H groups in total. The summed E-state index contributed by atoms with van der Waals surface area (Å²) < 4.78 is 20.5. The molecule has 0 unspecified atom stereocenters. The number of carbonyl (C=O) groups is 1. The second kappa shape index (κ2) is 9.62. The first-order valence-electron chi connectivity index (χ1n) is 10.3. The Balaban J connectivity index is 1.32. The van der Waals surface area contributed by atoms with Crippen molar-refractivity contribution in [3.8, 4) is 28.3 Å². The number of anilines is 1. The number of rotatable bonds is 7. The fourth-order valence-electron chi connectivity index (χ4n) is 3.33. The van der Waals surface area contributed by atoms with Crippen LogP contribution in [0.5, 0.6) is 0 Å². The lowest BCUT2D eigenvalue weighted by Gasteiger charge is -2.09. The lowest BCUT2D eigenvalue weighted by molar-refractivity contribution is -0.113. The molecule has 10 heteroatoms. The van der Waals surface area contributed by atoms with Gasteiger partial charge in [0.25, 0.3) is 0 Å². The summed E-state index contributed by atoms with van der Waals surface area (Å²) in [7, 11) is 0. The molecule has 7 nitrogen and oxygen atoms in total. The lowest BCUT2D eigenvalue weighted by Crippen LogP contribution is -2.14. The van der Waals surface area contributed by atoms with Crippen LogP contribution in [0, 0.1) is 12.7 Å². The number of nitrogens with one attached hydrogen (secondary N) is 1. The van der Waals surface area contributed by atoms with Crippen molar-refractivity contribution in [3.63, 3.8) is 0 Å². The molecule has 0 aliphatic rings. The summed E-state index contributed by atoms with van der Waals surface area (Å²) in [6.45, 7) is 1.87. The van der Waals surface area contributed by atoms with Crippen LogP contribution in [-0.2, 0) is 4.79 Å². The van der Waals surface area contributed by atoms with Gasteiger partial charge in [0.15, 0.2) is 16.1 Å². The number of carbonyl (C=O) groups excluding carboxylic acids is 1. The second-order valence-electron chi connectivity index (χ2n) is 7.25. The van der Waals surface area contributed by atoms with Gasteiger partial charge in [0.1, 0.15) is 11.6 Å². The fourth-order valence-corrected chi connectivity index (χ4v) is 4.82. The van der Waals surface area contributed by atoms with Crippen molar-refractivity contribution in [3.05, 3.63) is 83.9 Å². The highest BCUT2D eigenvalue weighted by atomic mass is 32.2. The summed E-state index contributed by atoms with van der Waals surface area (Å²) in [4.78, 5) is 17.1. The van der Waals surface area contributed by atoms with Crippen LogP contribution in [-0.4, -0.2) is 31.4 Å². The number of para-hydroxylation sites is 1. The van der Waals surface area contributed by atoms with Crippen molar-refractivity contribution in [2.75, 3.05) is 11.1 Å². The van der Waals surface area contributed by atoms with E-state index >= 15 is 0 Å². The standard InChI is InChI=1S/C24H18FN5O2S2/c1-15-19(11-12-32-15)22-28-29-24(30(22)18-5-3-2-4-6-18)34-14-21(31)27-23-26-20(13-33-23)16-7-9-17(25)10-8-16/h2-13H,14H2,1H3,(H,26,27,31). The first-order chi connectivity index (χ1) is 16.6. The number of aryl methyl sites for hydroxylation is 1. The first kappa shape index (κ1) is 22.1. The summed E-state index contributed by atoms with van der Waals surface area (Å²) >= 11 is 2.59. The molecular weight excluding hydrogens is 473 g/mol. The van der Waals surface area contributed by atoms with E-state index in [1.54, 1.807) is 18.4 Å². The molecule has 5 aromatic rings. The molecule has 1 amide bonds. The minimum absolute atomic E-state index is 0.126. The van der Waals surface area contributed by atoms with Crippen molar-refractivity contribution in [2.45, 2.75) is 12.1 Å². The lowest BCUT2D eigenvalue weighted by atomic mass is 10.2. The molecule has 0 spiro atoms. The number of thioether (sulfide) groups is 1. The van der Waals surface area contributed by atoms with E-state index < -0.39 is 0 Å². The Labute approximate surface area is 202 Å². The summed E-state index contributed by atoms with van der Waals surface area (Å²) in [5.74, 6) is 0.984. The van der Waals surface area contributed by atoms with Crippen molar-refractivity contribution in [1.29, 1.82) is 0 Å². The van der Waals surface area contributed by atoms with Gasteiger partial charge in [0.2, 0.25) is 5.91 Å². The van der Waals surface area contributed by atoms with Gasteiger partial charge in [-0.15, -0.1) is 21.5 Å². The fraction of sp³-hybridized carbons (Fsp3) is 0.0833.